The van der Waals surface area contributed by atoms with Crippen molar-refractivity contribution in [1.82, 2.24) is 9.62 Å². The summed E-state index contributed by atoms with van der Waals surface area (Å²) in [6, 6.07) is 4.78. The fraction of sp³-hybridized carbons (Fsp3) is 0.708. The molecular formula is C24H34N2O4S. The summed E-state index contributed by atoms with van der Waals surface area (Å²) >= 11 is 0. The van der Waals surface area contributed by atoms with Gasteiger partial charge >= 0.3 is 0 Å². The smallest absolute Gasteiger partial charge is 0.251 e. The molecule has 1 unspecified atom stereocenters. The molecule has 4 aliphatic carbocycles. The number of methoxy groups -OCH3 is 1. The Labute approximate surface area is 185 Å². The van der Waals surface area contributed by atoms with E-state index in [9.17, 15) is 13.2 Å². The average Bonchev–Trinajstić information content (AvgIpc) is 2.72. The van der Waals surface area contributed by atoms with Crippen LogP contribution in [0.5, 0.6) is 5.75 Å². The number of piperidine rings is 1. The van der Waals surface area contributed by atoms with Gasteiger partial charge in [-0.15, -0.1) is 0 Å². The zero-order chi connectivity index (χ0) is 21.8. The number of hydrogen-bond acceptors (Lipinski definition) is 4. The van der Waals surface area contributed by atoms with Gasteiger partial charge < -0.3 is 10.1 Å². The maximum absolute atomic E-state index is 13.5. The third-order valence-corrected chi connectivity index (χ3v) is 10.2. The van der Waals surface area contributed by atoms with E-state index >= 15 is 0 Å². The Morgan fingerprint density at radius 3 is 2.32 bits per heavy atom. The minimum absolute atomic E-state index is 0.0482. The molecule has 31 heavy (non-hydrogen) atoms. The summed E-state index contributed by atoms with van der Waals surface area (Å²) in [6.07, 6.45) is 9.89. The highest BCUT2D eigenvalue weighted by atomic mass is 32.2. The van der Waals surface area contributed by atoms with Crippen molar-refractivity contribution in [3.63, 3.8) is 0 Å². The second-order valence-electron chi connectivity index (χ2n) is 10.5. The lowest BCUT2D eigenvalue weighted by Gasteiger charge is -2.56. The summed E-state index contributed by atoms with van der Waals surface area (Å²) in [5.41, 5.74) is 0.298. The molecule has 4 saturated carbocycles. The molecule has 1 aromatic rings. The maximum Gasteiger partial charge on any atom is 0.251 e. The van der Waals surface area contributed by atoms with E-state index < -0.39 is 10.0 Å². The second-order valence-corrected chi connectivity index (χ2v) is 12.3. The fourth-order valence-corrected chi connectivity index (χ4v) is 9.03. The Balaban J connectivity index is 1.42. The Bertz CT molecular complexity index is 939. The predicted octanol–water partition coefficient (Wildman–Crippen LogP) is 3.96. The third kappa shape index (κ3) is 3.78. The molecule has 1 aromatic carbocycles. The molecule has 4 bridgehead atoms. The molecule has 0 aromatic heterocycles. The quantitative estimate of drug-likeness (QED) is 0.743. The van der Waals surface area contributed by atoms with Crippen molar-refractivity contribution in [3.05, 3.63) is 23.8 Å². The summed E-state index contributed by atoms with van der Waals surface area (Å²) in [5, 5.41) is 3.36. The van der Waals surface area contributed by atoms with E-state index in [-0.39, 0.29) is 22.4 Å². The molecule has 1 saturated heterocycles. The van der Waals surface area contributed by atoms with E-state index in [0.717, 1.165) is 56.3 Å². The number of hydrogen-bond donors (Lipinski definition) is 1. The van der Waals surface area contributed by atoms with E-state index in [0.29, 0.717) is 17.9 Å². The summed E-state index contributed by atoms with van der Waals surface area (Å²) in [7, 11) is -2.26. The molecule has 6 rings (SSSR count). The van der Waals surface area contributed by atoms with E-state index in [1.54, 1.807) is 16.4 Å². The lowest BCUT2D eigenvalue weighted by atomic mass is 9.53. The Kier molecular flexibility index (Phi) is 5.32. The second kappa shape index (κ2) is 7.77. The van der Waals surface area contributed by atoms with E-state index in [2.05, 4.69) is 5.32 Å². The molecule has 5 fully saturated rings. The third-order valence-electron chi connectivity index (χ3n) is 8.17. The lowest BCUT2D eigenvalue weighted by Crippen LogP contribution is -2.59. The largest absolute Gasteiger partial charge is 0.495 e. The number of nitrogens with zero attached hydrogens (tertiary/aromatic N) is 1. The minimum Gasteiger partial charge on any atom is -0.495 e. The van der Waals surface area contributed by atoms with Crippen LogP contribution in [0.2, 0.25) is 0 Å². The van der Waals surface area contributed by atoms with Crippen molar-refractivity contribution in [2.45, 2.75) is 81.2 Å². The molecule has 0 radical (unpaired) electrons. The van der Waals surface area contributed by atoms with Gasteiger partial charge in [0.15, 0.2) is 0 Å². The van der Waals surface area contributed by atoms with Crippen molar-refractivity contribution in [3.8, 4) is 5.75 Å². The number of carbonyl (C=O) groups is 1. The number of ether oxygens (including phenoxy) is 1. The highest BCUT2D eigenvalue weighted by molar-refractivity contribution is 7.89. The molecule has 1 aliphatic heterocycles. The van der Waals surface area contributed by atoms with Gasteiger partial charge in [-0.3, -0.25) is 4.79 Å². The summed E-state index contributed by atoms with van der Waals surface area (Å²) in [5.74, 6) is 2.34. The lowest BCUT2D eigenvalue weighted by molar-refractivity contribution is -0.0167. The summed E-state index contributed by atoms with van der Waals surface area (Å²) < 4.78 is 33.9. The van der Waals surface area contributed by atoms with Crippen LogP contribution in [0.3, 0.4) is 0 Å². The maximum atomic E-state index is 13.5. The Hall–Kier alpha value is -1.60. The monoisotopic (exact) mass is 446 g/mol. The normalized spacial score (nSPS) is 35.2. The minimum atomic E-state index is -3.73. The molecular weight excluding hydrogens is 412 g/mol. The van der Waals surface area contributed by atoms with Crippen LogP contribution in [-0.4, -0.2) is 43.9 Å². The van der Waals surface area contributed by atoms with E-state index in [1.165, 1.54) is 32.4 Å². The van der Waals surface area contributed by atoms with Crippen molar-refractivity contribution in [2.75, 3.05) is 13.7 Å². The molecule has 1 atom stereocenters. The van der Waals surface area contributed by atoms with E-state index in [4.69, 9.17) is 4.74 Å². The van der Waals surface area contributed by atoms with Crippen molar-refractivity contribution in [1.29, 1.82) is 0 Å². The SMILES string of the molecule is COc1ccc(C(=O)NC23CC4CC(CC(C4)C2)C3)cc1S(=O)(=O)N1CCCCC1C. The molecule has 5 aliphatic rings. The van der Waals surface area contributed by atoms with Crippen LogP contribution in [0.15, 0.2) is 23.1 Å². The van der Waals surface area contributed by atoms with Crippen LogP contribution in [0.25, 0.3) is 0 Å². The number of carbonyl (C=O) groups excluding carboxylic acids is 1. The zero-order valence-electron chi connectivity index (χ0n) is 18.6. The van der Waals surface area contributed by atoms with Crippen molar-refractivity contribution < 1.29 is 17.9 Å². The van der Waals surface area contributed by atoms with Gasteiger partial charge in [-0.2, -0.15) is 4.31 Å². The number of benzene rings is 1. The molecule has 1 heterocycles. The van der Waals surface area contributed by atoms with Gasteiger partial charge in [0.05, 0.1) is 7.11 Å². The van der Waals surface area contributed by atoms with Crippen LogP contribution in [0, 0.1) is 17.8 Å². The van der Waals surface area contributed by atoms with Crippen LogP contribution in [0.1, 0.15) is 75.1 Å². The summed E-state index contributed by atoms with van der Waals surface area (Å²) in [6.45, 7) is 2.46. The standard InChI is InChI=1S/C24H34N2O4S/c1-16-5-3-4-8-26(16)31(28,29)22-12-20(6-7-21(22)30-2)23(27)25-24-13-17-9-18(14-24)11-19(10-17)15-24/h6-7,12,16-19H,3-5,8-11,13-15H2,1-2H3,(H,25,27). The number of nitrogens with one attached hydrogen (secondary N) is 1. The van der Waals surface area contributed by atoms with Gasteiger partial charge in [0.1, 0.15) is 10.6 Å². The zero-order valence-corrected chi connectivity index (χ0v) is 19.4. The number of sulfonamides is 1. The highest BCUT2D eigenvalue weighted by Gasteiger charge is 2.51. The Morgan fingerprint density at radius 1 is 1.10 bits per heavy atom. The molecule has 0 spiro atoms. The first-order valence-corrected chi connectivity index (χ1v) is 13.3. The number of rotatable bonds is 5. The first-order chi connectivity index (χ1) is 14.8. The summed E-state index contributed by atoms with van der Waals surface area (Å²) in [4.78, 5) is 13.4. The van der Waals surface area contributed by atoms with Crippen molar-refractivity contribution >= 4 is 15.9 Å². The predicted molar refractivity (Wildman–Crippen MR) is 119 cm³/mol. The van der Waals surface area contributed by atoms with Crippen molar-refractivity contribution in [2.24, 2.45) is 17.8 Å². The van der Waals surface area contributed by atoms with Gasteiger partial charge in [-0.1, -0.05) is 6.42 Å². The molecule has 1 N–H and O–H groups in total. The van der Waals surface area contributed by atoms with Gasteiger partial charge in [-0.05, 0) is 94.2 Å². The highest BCUT2D eigenvalue weighted by Crippen LogP contribution is 2.55. The number of amides is 1. The molecule has 6 nitrogen and oxygen atoms in total. The first kappa shape index (κ1) is 21.3. The Morgan fingerprint density at radius 2 is 1.74 bits per heavy atom. The molecule has 7 heteroatoms. The average molecular weight is 447 g/mol. The van der Waals surface area contributed by atoms with Crippen LogP contribution < -0.4 is 10.1 Å². The van der Waals surface area contributed by atoms with E-state index in [1.807, 2.05) is 6.92 Å². The van der Waals surface area contributed by atoms with Gasteiger partial charge in [0.2, 0.25) is 10.0 Å². The molecule has 170 valence electrons. The fourth-order valence-electron chi connectivity index (χ4n) is 7.15. The van der Waals surface area contributed by atoms with Gasteiger partial charge in [0.25, 0.3) is 5.91 Å². The van der Waals surface area contributed by atoms with Crippen LogP contribution in [0.4, 0.5) is 0 Å². The van der Waals surface area contributed by atoms with Gasteiger partial charge in [-0.25, -0.2) is 8.42 Å². The first-order valence-electron chi connectivity index (χ1n) is 11.8. The topological polar surface area (TPSA) is 75.7 Å². The van der Waals surface area contributed by atoms with Crippen LogP contribution in [-0.2, 0) is 10.0 Å². The van der Waals surface area contributed by atoms with Crippen LogP contribution >= 0.6 is 0 Å². The molecule has 1 amide bonds. The van der Waals surface area contributed by atoms with Gasteiger partial charge in [0, 0.05) is 23.7 Å².